The maximum Gasteiger partial charge on any atom is 0.258 e. The van der Waals surface area contributed by atoms with Crippen LogP contribution in [-0.2, 0) is 6.54 Å². The van der Waals surface area contributed by atoms with E-state index < -0.39 is 0 Å². The van der Waals surface area contributed by atoms with Crippen LogP contribution in [0, 0.1) is 0 Å². The molecule has 4 heteroatoms. The summed E-state index contributed by atoms with van der Waals surface area (Å²) in [6, 6.07) is 13.1. The molecule has 118 valence electrons. The van der Waals surface area contributed by atoms with Gasteiger partial charge in [0.25, 0.3) is 11.5 Å². The molecule has 0 radical (unpaired) electrons. The Balaban J connectivity index is 2.39. The van der Waals surface area contributed by atoms with Gasteiger partial charge in [0.1, 0.15) is 0 Å². The lowest BCUT2D eigenvalue weighted by atomic mass is 10.0. The molecule has 0 saturated heterocycles. The molecule has 0 atom stereocenters. The molecule has 4 nitrogen and oxygen atoms in total. The van der Waals surface area contributed by atoms with E-state index in [9.17, 15) is 9.59 Å². The minimum atomic E-state index is -0.123. The molecule has 23 heavy (non-hydrogen) atoms. The van der Waals surface area contributed by atoms with E-state index in [1.165, 1.54) is 0 Å². The second-order valence-corrected chi connectivity index (χ2v) is 5.67. The molecule has 1 N–H and O–H groups in total. The first-order valence-corrected chi connectivity index (χ1v) is 7.94. The average Bonchev–Trinajstić information content (AvgIpc) is 2.60. The van der Waals surface area contributed by atoms with Gasteiger partial charge in [-0.1, -0.05) is 31.5 Å². The number of carbonyl (C=O) groups is 1. The van der Waals surface area contributed by atoms with Crippen LogP contribution in [-0.4, -0.2) is 17.5 Å². The zero-order valence-corrected chi connectivity index (χ0v) is 13.4. The normalized spacial score (nSPS) is 11.0. The summed E-state index contributed by atoms with van der Waals surface area (Å²) in [7, 11) is 1.62. The number of aromatic nitrogens is 1. The zero-order chi connectivity index (χ0) is 16.4. The number of hydrogen-bond acceptors (Lipinski definition) is 2. The minimum Gasteiger partial charge on any atom is -0.355 e. The third kappa shape index (κ3) is 2.61. The van der Waals surface area contributed by atoms with Crippen LogP contribution in [0.15, 0.2) is 47.3 Å². The van der Waals surface area contributed by atoms with E-state index in [1.807, 2.05) is 41.0 Å². The van der Waals surface area contributed by atoms with E-state index in [-0.39, 0.29) is 11.5 Å². The van der Waals surface area contributed by atoms with E-state index in [1.54, 1.807) is 13.1 Å². The molecule has 0 unspecified atom stereocenters. The van der Waals surface area contributed by atoms with Crippen LogP contribution in [0.2, 0.25) is 0 Å². The monoisotopic (exact) mass is 308 g/mol. The van der Waals surface area contributed by atoms with Crippen molar-refractivity contribution in [2.24, 2.45) is 0 Å². The van der Waals surface area contributed by atoms with Gasteiger partial charge in [0.15, 0.2) is 0 Å². The number of carbonyl (C=O) groups excluding carboxylic acids is 1. The van der Waals surface area contributed by atoms with E-state index in [4.69, 9.17) is 0 Å². The molecule has 3 aromatic rings. The van der Waals surface area contributed by atoms with E-state index in [0.717, 1.165) is 29.1 Å². The van der Waals surface area contributed by atoms with Gasteiger partial charge in [-0.3, -0.25) is 9.59 Å². The van der Waals surface area contributed by atoms with E-state index in [0.29, 0.717) is 17.5 Å². The van der Waals surface area contributed by atoms with Crippen molar-refractivity contribution in [3.8, 4) is 0 Å². The maximum atomic E-state index is 12.8. The van der Waals surface area contributed by atoms with Crippen molar-refractivity contribution >= 4 is 27.6 Å². The predicted octanol–water partition coefficient (Wildman–Crippen LogP) is 3.31. The molecule has 1 amide bonds. The van der Waals surface area contributed by atoms with Crippen molar-refractivity contribution in [2.75, 3.05) is 7.05 Å². The Hall–Kier alpha value is -2.62. The number of nitrogens with zero attached hydrogens (tertiary/aromatic N) is 1. The zero-order valence-electron chi connectivity index (χ0n) is 13.4. The lowest BCUT2D eigenvalue weighted by Crippen LogP contribution is -2.22. The second-order valence-electron chi connectivity index (χ2n) is 5.67. The molecule has 3 rings (SSSR count). The molecule has 0 aliphatic rings. The fourth-order valence-electron chi connectivity index (χ4n) is 2.97. The van der Waals surface area contributed by atoms with Gasteiger partial charge >= 0.3 is 0 Å². The highest BCUT2D eigenvalue weighted by molar-refractivity contribution is 6.08. The van der Waals surface area contributed by atoms with Crippen molar-refractivity contribution in [3.05, 3.63) is 58.4 Å². The quantitative estimate of drug-likeness (QED) is 0.752. The molecule has 0 aliphatic carbocycles. The van der Waals surface area contributed by atoms with Gasteiger partial charge in [0, 0.05) is 29.9 Å². The lowest BCUT2D eigenvalue weighted by Gasteiger charge is -2.13. The molecule has 0 bridgehead atoms. The van der Waals surface area contributed by atoms with Gasteiger partial charge in [-0.05, 0) is 36.1 Å². The Morgan fingerprint density at radius 1 is 1.09 bits per heavy atom. The molecule has 0 saturated carbocycles. The number of nitrogens with one attached hydrogen (secondary N) is 1. The van der Waals surface area contributed by atoms with Crippen molar-refractivity contribution in [3.63, 3.8) is 0 Å². The van der Waals surface area contributed by atoms with Crippen LogP contribution in [0.4, 0.5) is 0 Å². The molecular weight excluding hydrogens is 288 g/mol. The molecule has 1 aromatic heterocycles. The predicted molar refractivity (Wildman–Crippen MR) is 94.0 cm³/mol. The first kappa shape index (κ1) is 15.3. The first-order chi connectivity index (χ1) is 11.2. The second kappa shape index (κ2) is 6.24. The molecule has 0 fully saturated rings. The summed E-state index contributed by atoms with van der Waals surface area (Å²) in [5, 5.41) is 5.18. The highest BCUT2D eigenvalue weighted by atomic mass is 16.1. The molecule has 0 spiro atoms. The van der Waals surface area contributed by atoms with Crippen LogP contribution in [0.1, 0.15) is 30.1 Å². The van der Waals surface area contributed by atoms with Gasteiger partial charge in [-0.25, -0.2) is 0 Å². The summed E-state index contributed by atoms with van der Waals surface area (Å²) in [4.78, 5) is 24.7. The van der Waals surface area contributed by atoms with E-state index in [2.05, 4.69) is 12.2 Å². The van der Waals surface area contributed by atoms with Crippen molar-refractivity contribution in [1.82, 2.24) is 9.88 Å². The minimum absolute atomic E-state index is 0.0363. The highest BCUT2D eigenvalue weighted by Crippen LogP contribution is 2.24. The number of amides is 1. The summed E-state index contributed by atoms with van der Waals surface area (Å²) in [6.07, 6.45) is 1.97. The van der Waals surface area contributed by atoms with Crippen molar-refractivity contribution in [2.45, 2.75) is 26.3 Å². The molecule has 2 aromatic carbocycles. The standard InChI is InChI=1S/C19H20N2O2/c1-3-4-11-21-17-10-9-13(18(22)20-2)12-16(17)14-7-5-6-8-15(14)19(21)23/h5-10,12H,3-4,11H2,1-2H3,(H,20,22). The fourth-order valence-corrected chi connectivity index (χ4v) is 2.97. The van der Waals surface area contributed by atoms with Crippen LogP contribution in [0.5, 0.6) is 0 Å². The SMILES string of the molecule is CCCCn1c(=O)c2ccccc2c2cc(C(=O)NC)ccc21. The summed E-state index contributed by atoms with van der Waals surface area (Å²) >= 11 is 0. The third-order valence-electron chi connectivity index (χ3n) is 4.20. The number of fused-ring (bicyclic) bond motifs is 3. The first-order valence-electron chi connectivity index (χ1n) is 7.94. The van der Waals surface area contributed by atoms with Gasteiger partial charge in [-0.2, -0.15) is 0 Å². The Morgan fingerprint density at radius 2 is 1.83 bits per heavy atom. The summed E-state index contributed by atoms with van der Waals surface area (Å²) in [5.74, 6) is -0.123. The van der Waals surface area contributed by atoms with Crippen molar-refractivity contribution in [1.29, 1.82) is 0 Å². The van der Waals surface area contributed by atoms with Gasteiger partial charge in [0.2, 0.25) is 0 Å². The average molecular weight is 308 g/mol. The number of aryl methyl sites for hydroxylation is 1. The van der Waals surface area contributed by atoms with Crippen LogP contribution >= 0.6 is 0 Å². The summed E-state index contributed by atoms with van der Waals surface area (Å²) in [5.41, 5.74) is 1.52. The van der Waals surface area contributed by atoms with E-state index >= 15 is 0 Å². The Morgan fingerprint density at radius 3 is 2.52 bits per heavy atom. The smallest absolute Gasteiger partial charge is 0.258 e. The number of rotatable bonds is 4. The highest BCUT2D eigenvalue weighted by Gasteiger charge is 2.12. The Bertz CT molecular complexity index is 941. The van der Waals surface area contributed by atoms with Crippen LogP contribution in [0.25, 0.3) is 21.7 Å². The van der Waals surface area contributed by atoms with Crippen LogP contribution < -0.4 is 10.9 Å². The number of unbranched alkanes of at least 4 members (excludes halogenated alkanes) is 1. The Labute approximate surface area is 134 Å². The van der Waals surface area contributed by atoms with Crippen LogP contribution in [0.3, 0.4) is 0 Å². The molecule has 1 heterocycles. The number of benzene rings is 2. The lowest BCUT2D eigenvalue weighted by molar-refractivity contribution is 0.0963. The summed E-state index contributed by atoms with van der Waals surface area (Å²) < 4.78 is 1.83. The maximum absolute atomic E-state index is 12.8. The Kier molecular flexibility index (Phi) is 4.15. The largest absolute Gasteiger partial charge is 0.355 e. The number of pyridine rings is 1. The van der Waals surface area contributed by atoms with Gasteiger partial charge in [0.05, 0.1) is 5.52 Å². The van der Waals surface area contributed by atoms with Gasteiger partial charge in [-0.15, -0.1) is 0 Å². The topological polar surface area (TPSA) is 51.1 Å². The van der Waals surface area contributed by atoms with Crippen molar-refractivity contribution < 1.29 is 4.79 Å². The summed E-state index contributed by atoms with van der Waals surface area (Å²) in [6.45, 7) is 2.80. The fraction of sp³-hybridized carbons (Fsp3) is 0.263. The molecule has 0 aliphatic heterocycles. The number of hydrogen-bond donors (Lipinski definition) is 1. The van der Waals surface area contributed by atoms with Gasteiger partial charge < -0.3 is 9.88 Å². The molecular formula is C19H20N2O2. The third-order valence-corrected chi connectivity index (χ3v) is 4.20.